The van der Waals surface area contributed by atoms with Crippen molar-refractivity contribution in [1.82, 2.24) is 0 Å². The molecule has 0 aliphatic carbocycles. The highest BCUT2D eigenvalue weighted by molar-refractivity contribution is 5.49. The van der Waals surface area contributed by atoms with E-state index in [4.69, 9.17) is 15.2 Å². The average Bonchev–Trinajstić information content (AvgIpc) is 2.27. The quantitative estimate of drug-likeness (QED) is 0.813. The summed E-state index contributed by atoms with van der Waals surface area (Å²) < 4.78 is 36.3. The summed E-state index contributed by atoms with van der Waals surface area (Å²) in [7, 11) is 2.45. The summed E-state index contributed by atoms with van der Waals surface area (Å²) >= 11 is 0. The zero-order valence-electron chi connectivity index (χ0n) is 8.96. The van der Waals surface area contributed by atoms with Crippen LogP contribution in [0.4, 0.5) is 8.78 Å². The van der Waals surface area contributed by atoms with Crippen molar-refractivity contribution in [2.24, 2.45) is 5.73 Å². The standard InChI is InChI=1S/C10H13F2NO3/c1-15-9-6(12)3-5(11)8(7(14)4-13)10(9)16-2/h3,7,14H,4,13H2,1-2H3. The maximum atomic E-state index is 13.5. The number of nitrogens with two attached hydrogens (primary N) is 1. The Kier molecular flexibility index (Phi) is 4.03. The molecule has 4 nitrogen and oxygen atoms in total. The number of aliphatic hydroxyl groups is 1. The van der Waals surface area contributed by atoms with Crippen LogP contribution in [0, 0.1) is 11.6 Å². The molecule has 1 atom stereocenters. The smallest absolute Gasteiger partial charge is 0.197 e. The third-order valence-electron chi connectivity index (χ3n) is 2.14. The van der Waals surface area contributed by atoms with E-state index in [2.05, 4.69) is 0 Å². The van der Waals surface area contributed by atoms with Crippen LogP contribution in [0.15, 0.2) is 6.07 Å². The minimum absolute atomic E-state index is 0.182. The van der Waals surface area contributed by atoms with Crippen LogP contribution in [0.25, 0.3) is 0 Å². The molecule has 90 valence electrons. The van der Waals surface area contributed by atoms with Crippen LogP contribution in [0.1, 0.15) is 11.7 Å². The monoisotopic (exact) mass is 233 g/mol. The molecule has 0 saturated heterocycles. The molecule has 16 heavy (non-hydrogen) atoms. The summed E-state index contributed by atoms with van der Waals surface area (Å²) in [6.45, 7) is -0.206. The van der Waals surface area contributed by atoms with Gasteiger partial charge in [0.15, 0.2) is 17.3 Å². The van der Waals surface area contributed by atoms with Gasteiger partial charge in [-0.1, -0.05) is 0 Å². The van der Waals surface area contributed by atoms with E-state index in [0.29, 0.717) is 6.07 Å². The van der Waals surface area contributed by atoms with Crippen LogP contribution in [0.5, 0.6) is 11.5 Å². The molecule has 1 aromatic rings. The zero-order chi connectivity index (χ0) is 12.3. The summed E-state index contributed by atoms with van der Waals surface area (Å²) in [5.41, 5.74) is 5.01. The van der Waals surface area contributed by atoms with Crippen LogP contribution in [-0.4, -0.2) is 25.9 Å². The number of rotatable bonds is 4. The summed E-state index contributed by atoms with van der Waals surface area (Å²) in [4.78, 5) is 0. The molecule has 0 bridgehead atoms. The van der Waals surface area contributed by atoms with Gasteiger partial charge in [0.05, 0.1) is 25.9 Å². The van der Waals surface area contributed by atoms with Crippen molar-refractivity contribution in [3.8, 4) is 11.5 Å². The Hall–Kier alpha value is -1.40. The minimum atomic E-state index is -1.27. The maximum absolute atomic E-state index is 13.5. The molecular weight excluding hydrogens is 220 g/mol. The summed E-state index contributed by atoms with van der Waals surface area (Å²) in [5, 5.41) is 9.51. The van der Waals surface area contributed by atoms with Crippen LogP contribution in [0.3, 0.4) is 0 Å². The number of benzene rings is 1. The third kappa shape index (κ3) is 2.07. The first-order valence-corrected chi connectivity index (χ1v) is 4.54. The SMILES string of the molecule is COc1c(F)cc(F)c(C(O)CN)c1OC. The Morgan fingerprint density at radius 3 is 2.25 bits per heavy atom. The van der Waals surface area contributed by atoms with E-state index in [0.717, 1.165) is 0 Å². The predicted molar refractivity (Wildman–Crippen MR) is 53.5 cm³/mol. The normalized spacial score (nSPS) is 12.4. The molecule has 1 rings (SSSR count). The van der Waals surface area contributed by atoms with E-state index in [1.807, 2.05) is 0 Å². The first kappa shape index (κ1) is 12.7. The second kappa shape index (κ2) is 5.09. The lowest BCUT2D eigenvalue weighted by molar-refractivity contribution is 0.175. The van der Waals surface area contributed by atoms with Crippen LogP contribution in [-0.2, 0) is 0 Å². The number of hydrogen-bond donors (Lipinski definition) is 2. The van der Waals surface area contributed by atoms with E-state index in [1.54, 1.807) is 0 Å². The van der Waals surface area contributed by atoms with Crippen molar-refractivity contribution < 1.29 is 23.4 Å². The Bertz CT molecular complexity index is 385. The van der Waals surface area contributed by atoms with Gasteiger partial charge in [-0.15, -0.1) is 0 Å². The number of methoxy groups -OCH3 is 2. The highest BCUT2D eigenvalue weighted by atomic mass is 19.1. The van der Waals surface area contributed by atoms with E-state index >= 15 is 0 Å². The first-order chi connectivity index (χ1) is 7.56. The van der Waals surface area contributed by atoms with Crippen molar-refractivity contribution in [2.75, 3.05) is 20.8 Å². The number of aliphatic hydroxyl groups excluding tert-OH is 1. The lowest BCUT2D eigenvalue weighted by Crippen LogP contribution is -2.15. The molecule has 0 heterocycles. The maximum Gasteiger partial charge on any atom is 0.197 e. The van der Waals surface area contributed by atoms with Crippen LogP contribution >= 0.6 is 0 Å². The van der Waals surface area contributed by atoms with Crippen molar-refractivity contribution >= 4 is 0 Å². The number of ether oxygens (including phenoxy) is 2. The van der Waals surface area contributed by atoms with E-state index < -0.39 is 17.7 Å². The zero-order valence-corrected chi connectivity index (χ0v) is 8.96. The second-order valence-electron chi connectivity index (χ2n) is 3.07. The van der Waals surface area contributed by atoms with Gasteiger partial charge in [0, 0.05) is 12.6 Å². The Morgan fingerprint density at radius 2 is 1.81 bits per heavy atom. The highest BCUT2D eigenvalue weighted by Gasteiger charge is 2.24. The molecule has 1 aromatic carbocycles. The molecule has 0 aliphatic heterocycles. The van der Waals surface area contributed by atoms with Crippen molar-refractivity contribution in [2.45, 2.75) is 6.10 Å². The Morgan fingerprint density at radius 1 is 1.25 bits per heavy atom. The van der Waals surface area contributed by atoms with Gasteiger partial charge in [0.2, 0.25) is 0 Å². The number of halogens is 2. The molecule has 0 radical (unpaired) electrons. The summed E-state index contributed by atoms with van der Waals surface area (Å²) in [6, 6.07) is 0.621. The molecule has 0 aromatic heterocycles. The highest BCUT2D eigenvalue weighted by Crippen LogP contribution is 2.38. The number of hydrogen-bond acceptors (Lipinski definition) is 4. The van der Waals surface area contributed by atoms with Crippen molar-refractivity contribution in [3.05, 3.63) is 23.3 Å². The molecule has 0 spiro atoms. The molecule has 3 N–H and O–H groups in total. The molecule has 1 unspecified atom stereocenters. The molecule has 6 heteroatoms. The van der Waals surface area contributed by atoms with Gasteiger partial charge in [0.1, 0.15) is 5.82 Å². The third-order valence-corrected chi connectivity index (χ3v) is 2.14. The average molecular weight is 233 g/mol. The largest absolute Gasteiger partial charge is 0.492 e. The molecule has 0 saturated carbocycles. The topological polar surface area (TPSA) is 64.7 Å². The molecule has 0 amide bonds. The second-order valence-corrected chi connectivity index (χ2v) is 3.07. The molecule has 0 aliphatic rings. The Balaban J connectivity index is 3.45. The van der Waals surface area contributed by atoms with Gasteiger partial charge < -0.3 is 20.3 Å². The minimum Gasteiger partial charge on any atom is -0.492 e. The summed E-state index contributed by atoms with van der Waals surface area (Å²) in [6.07, 6.45) is -1.27. The van der Waals surface area contributed by atoms with Gasteiger partial charge in [-0.3, -0.25) is 0 Å². The van der Waals surface area contributed by atoms with Gasteiger partial charge in [-0.2, -0.15) is 0 Å². The van der Waals surface area contributed by atoms with Gasteiger partial charge >= 0.3 is 0 Å². The predicted octanol–water partition coefficient (Wildman–Crippen LogP) is 0.974. The Labute approximate surface area is 91.6 Å². The van der Waals surface area contributed by atoms with E-state index in [1.165, 1.54) is 14.2 Å². The van der Waals surface area contributed by atoms with Crippen molar-refractivity contribution in [1.29, 1.82) is 0 Å². The van der Waals surface area contributed by atoms with Gasteiger partial charge in [0.25, 0.3) is 0 Å². The fraction of sp³-hybridized carbons (Fsp3) is 0.400. The lowest BCUT2D eigenvalue weighted by Gasteiger charge is -2.17. The molecular formula is C10H13F2NO3. The summed E-state index contributed by atoms with van der Waals surface area (Å²) in [5.74, 6) is -2.26. The lowest BCUT2D eigenvalue weighted by atomic mass is 10.1. The van der Waals surface area contributed by atoms with E-state index in [-0.39, 0.29) is 23.6 Å². The van der Waals surface area contributed by atoms with Crippen LogP contribution < -0.4 is 15.2 Å². The van der Waals surface area contributed by atoms with Crippen molar-refractivity contribution in [3.63, 3.8) is 0 Å². The van der Waals surface area contributed by atoms with Crippen LogP contribution in [0.2, 0.25) is 0 Å². The fourth-order valence-electron chi connectivity index (χ4n) is 1.41. The van der Waals surface area contributed by atoms with E-state index in [9.17, 15) is 13.9 Å². The first-order valence-electron chi connectivity index (χ1n) is 4.54. The molecule has 0 fully saturated rings. The van der Waals surface area contributed by atoms with Gasteiger partial charge in [-0.05, 0) is 0 Å². The van der Waals surface area contributed by atoms with Gasteiger partial charge in [-0.25, -0.2) is 8.78 Å². The fourth-order valence-corrected chi connectivity index (χ4v) is 1.41.